The molecule has 0 aliphatic rings. The van der Waals surface area contributed by atoms with E-state index >= 15 is 0 Å². The van der Waals surface area contributed by atoms with Crippen LogP contribution in [-0.2, 0) is 12.6 Å². The Morgan fingerprint density at radius 3 is 2.21 bits per heavy atom. The number of unbranched alkanes of at least 4 members (excludes halogenated alkanes) is 2. The van der Waals surface area contributed by atoms with Crippen LogP contribution in [0.15, 0.2) is 48.5 Å². The maximum absolute atomic E-state index is 12.8. The van der Waals surface area contributed by atoms with Crippen molar-refractivity contribution in [2.24, 2.45) is 5.92 Å². The predicted octanol–water partition coefficient (Wildman–Crippen LogP) is 8.43. The van der Waals surface area contributed by atoms with Crippen molar-refractivity contribution in [2.45, 2.75) is 71.4 Å². The molecule has 28 heavy (non-hydrogen) atoms. The van der Waals surface area contributed by atoms with Crippen LogP contribution in [0, 0.1) is 5.92 Å². The molecule has 2 aromatic rings. The number of aryl methyl sites for hydroxylation is 1. The highest BCUT2D eigenvalue weighted by Gasteiger charge is 2.30. The van der Waals surface area contributed by atoms with Gasteiger partial charge in [-0.05, 0) is 54.7 Å². The van der Waals surface area contributed by atoms with Crippen molar-refractivity contribution in [1.82, 2.24) is 0 Å². The van der Waals surface area contributed by atoms with E-state index < -0.39 is 11.7 Å². The minimum atomic E-state index is -4.37. The van der Waals surface area contributed by atoms with E-state index in [-0.39, 0.29) is 5.75 Å². The number of halogens is 3. The Kier molecular flexibility index (Phi) is 8.88. The third-order valence-corrected chi connectivity index (χ3v) is 5.17. The second-order valence-corrected chi connectivity index (χ2v) is 7.44. The summed E-state index contributed by atoms with van der Waals surface area (Å²) in [6.45, 7) is 4.50. The van der Waals surface area contributed by atoms with Crippen molar-refractivity contribution in [3.8, 4) is 11.5 Å². The summed E-state index contributed by atoms with van der Waals surface area (Å²) in [7, 11) is 0. The molecule has 0 spiro atoms. The maximum atomic E-state index is 12.8. The van der Waals surface area contributed by atoms with E-state index in [0.29, 0.717) is 5.75 Å². The average Bonchev–Trinajstić information content (AvgIpc) is 2.67. The van der Waals surface area contributed by atoms with Crippen molar-refractivity contribution in [3.63, 3.8) is 0 Å². The maximum Gasteiger partial charge on any atom is 0.416 e. The highest BCUT2D eigenvalue weighted by Crippen LogP contribution is 2.33. The monoisotopic (exact) mass is 392 g/mol. The summed E-state index contributed by atoms with van der Waals surface area (Å²) in [6, 6.07) is 12.7. The minimum absolute atomic E-state index is 0.203. The van der Waals surface area contributed by atoms with Crippen LogP contribution in [0.4, 0.5) is 13.2 Å². The molecule has 1 unspecified atom stereocenters. The van der Waals surface area contributed by atoms with E-state index in [2.05, 4.69) is 19.9 Å². The van der Waals surface area contributed by atoms with Gasteiger partial charge in [-0.15, -0.1) is 0 Å². The lowest BCUT2D eigenvalue weighted by Gasteiger charge is -2.14. The molecule has 0 aliphatic carbocycles. The molecular weight excluding hydrogens is 361 g/mol. The van der Waals surface area contributed by atoms with Gasteiger partial charge >= 0.3 is 6.18 Å². The molecule has 1 nitrogen and oxygen atoms in total. The summed E-state index contributed by atoms with van der Waals surface area (Å²) in [5.41, 5.74) is 0.461. The van der Waals surface area contributed by atoms with Crippen LogP contribution in [0.25, 0.3) is 0 Å². The first-order chi connectivity index (χ1) is 13.4. The standard InChI is InChI=1S/C24H31F3O/c1-3-5-6-10-19(4-2)11-7-12-20-13-8-15-22(17-20)28-23-16-9-14-21(18-23)24(25,26)27/h8-9,13-19H,3-7,10-12H2,1-2H3. The molecule has 0 bridgehead atoms. The Morgan fingerprint density at radius 1 is 0.857 bits per heavy atom. The SMILES string of the molecule is CCCCCC(CC)CCCc1cccc(Oc2cccc(C(F)(F)F)c2)c1. The number of alkyl halides is 3. The smallest absolute Gasteiger partial charge is 0.416 e. The van der Waals surface area contributed by atoms with Gasteiger partial charge in [-0.2, -0.15) is 13.2 Å². The van der Waals surface area contributed by atoms with Gasteiger partial charge in [0.2, 0.25) is 0 Å². The third kappa shape index (κ3) is 7.57. The van der Waals surface area contributed by atoms with Gasteiger partial charge < -0.3 is 4.74 Å². The molecule has 0 saturated carbocycles. The average molecular weight is 393 g/mol. The first kappa shape index (κ1) is 22.3. The number of rotatable bonds is 11. The molecule has 0 saturated heterocycles. The van der Waals surface area contributed by atoms with Crippen molar-refractivity contribution >= 4 is 0 Å². The van der Waals surface area contributed by atoms with Gasteiger partial charge in [0, 0.05) is 0 Å². The third-order valence-electron chi connectivity index (χ3n) is 5.17. The van der Waals surface area contributed by atoms with Gasteiger partial charge in [0.25, 0.3) is 0 Å². The molecule has 0 heterocycles. The minimum Gasteiger partial charge on any atom is -0.457 e. The molecule has 0 aromatic heterocycles. The van der Waals surface area contributed by atoms with Crippen molar-refractivity contribution in [1.29, 1.82) is 0 Å². The molecular formula is C24H31F3O. The van der Waals surface area contributed by atoms with E-state index in [1.165, 1.54) is 44.6 Å². The Hall–Kier alpha value is -1.97. The van der Waals surface area contributed by atoms with Gasteiger partial charge in [-0.25, -0.2) is 0 Å². The molecule has 0 radical (unpaired) electrons. The fourth-order valence-electron chi connectivity index (χ4n) is 3.47. The molecule has 0 aliphatic heterocycles. The molecule has 0 N–H and O–H groups in total. The van der Waals surface area contributed by atoms with Gasteiger partial charge in [0.1, 0.15) is 11.5 Å². The first-order valence-electron chi connectivity index (χ1n) is 10.4. The second-order valence-electron chi connectivity index (χ2n) is 7.44. The van der Waals surface area contributed by atoms with Crippen LogP contribution < -0.4 is 4.74 Å². The zero-order valence-electron chi connectivity index (χ0n) is 16.9. The molecule has 0 fully saturated rings. The van der Waals surface area contributed by atoms with E-state index in [1.54, 1.807) is 12.1 Å². The fourth-order valence-corrected chi connectivity index (χ4v) is 3.47. The molecule has 4 heteroatoms. The quantitative estimate of drug-likeness (QED) is 0.349. The Balaban J connectivity index is 1.90. The molecule has 154 valence electrons. The van der Waals surface area contributed by atoms with Gasteiger partial charge in [0.15, 0.2) is 0 Å². The normalized spacial score (nSPS) is 12.8. The zero-order chi connectivity index (χ0) is 20.4. The van der Waals surface area contributed by atoms with Crippen LogP contribution in [0.1, 0.15) is 69.9 Å². The lowest BCUT2D eigenvalue weighted by atomic mass is 9.92. The Morgan fingerprint density at radius 2 is 1.54 bits per heavy atom. The van der Waals surface area contributed by atoms with Crippen molar-refractivity contribution < 1.29 is 17.9 Å². The number of hydrogen-bond donors (Lipinski definition) is 0. The summed E-state index contributed by atoms with van der Waals surface area (Å²) >= 11 is 0. The molecule has 2 aromatic carbocycles. The Bertz CT molecular complexity index is 709. The van der Waals surface area contributed by atoms with Crippen LogP contribution in [0.5, 0.6) is 11.5 Å². The highest BCUT2D eigenvalue weighted by molar-refractivity contribution is 5.36. The van der Waals surface area contributed by atoms with Crippen molar-refractivity contribution in [2.75, 3.05) is 0 Å². The number of ether oxygens (including phenoxy) is 1. The molecule has 2 rings (SSSR count). The first-order valence-corrected chi connectivity index (χ1v) is 10.4. The Labute approximate surface area is 166 Å². The number of benzene rings is 2. The zero-order valence-corrected chi connectivity index (χ0v) is 16.9. The summed E-state index contributed by atoms with van der Waals surface area (Å²) < 4.78 is 44.2. The van der Waals surface area contributed by atoms with E-state index in [0.717, 1.165) is 36.5 Å². The topological polar surface area (TPSA) is 9.23 Å². The number of hydrogen-bond acceptors (Lipinski definition) is 1. The highest BCUT2D eigenvalue weighted by atomic mass is 19.4. The molecule has 0 amide bonds. The van der Waals surface area contributed by atoms with Crippen LogP contribution in [0.2, 0.25) is 0 Å². The fraction of sp³-hybridized carbons (Fsp3) is 0.500. The lowest BCUT2D eigenvalue weighted by molar-refractivity contribution is -0.137. The van der Waals surface area contributed by atoms with Crippen LogP contribution >= 0.6 is 0 Å². The van der Waals surface area contributed by atoms with E-state index in [9.17, 15) is 13.2 Å². The summed E-state index contributed by atoms with van der Waals surface area (Å²) in [5, 5.41) is 0. The predicted molar refractivity (Wildman–Crippen MR) is 109 cm³/mol. The van der Waals surface area contributed by atoms with Crippen molar-refractivity contribution in [3.05, 3.63) is 59.7 Å². The van der Waals surface area contributed by atoms with E-state index in [1.807, 2.05) is 12.1 Å². The van der Waals surface area contributed by atoms with E-state index in [4.69, 9.17) is 4.74 Å². The van der Waals surface area contributed by atoms with Gasteiger partial charge in [0.05, 0.1) is 5.56 Å². The lowest BCUT2D eigenvalue weighted by Crippen LogP contribution is -2.04. The van der Waals surface area contributed by atoms with Gasteiger partial charge in [-0.1, -0.05) is 70.6 Å². The summed E-state index contributed by atoms with van der Waals surface area (Å²) in [5.74, 6) is 1.57. The molecule has 1 atom stereocenters. The second kappa shape index (κ2) is 11.1. The van der Waals surface area contributed by atoms with Crippen LogP contribution in [0.3, 0.4) is 0 Å². The van der Waals surface area contributed by atoms with Crippen LogP contribution in [-0.4, -0.2) is 0 Å². The van der Waals surface area contributed by atoms with Gasteiger partial charge in [-0.3, -0.25) is 0 Å². The summed E-state index contributed by atoms with van der Waals surface area (Å²) in [4.78, 5) is 0. The largest absolute Gasteiger partial charge is 0.457 e. The summed E-state index contributed by atoms with van der Waals surface area (Å²) in [6.07, 6.45) is 5.36.